The molecular weight excluding hydrogens is 190 g/mol. The summed E-state index contributed by atoms with van der Waals surface area (Å²) < 4.78 is 0. The number of aliphatic hydroxyl groups is 1. The Hall–Kier alpha value is -0.280. The summed E-state index contributed by atoms with van der Waals surface area (Å²) in [5.74, 6) is -0.147. The fourth-order valence-electron chi connectivity index (χ4n) is 1.90. The molecule has 0 spiro atoms. The van der Waals surface area contributed by atoms with Crippen LogP contribution in [0.15, 0.2) is 0 Å². The first kappa shape index (κ1) is 10.8. The summed E-state index contributed by atoms with van der Waals surface area (Å²) in [4.78, 5) is 11.0. The number of amides is 1. The van der Waals surface area contributed by atoms with Crippen molar-refractivity contribution in [2.24, 2.45) is 5.41 Å². The average Bonchev–Trinajstić information content (AvgIpc) is 2.49. The van der Waals surface area contributed by atoms with Crippen LogP contribution in [-0.4, -0.2) is 29.5 Å². The molecule has 2 N–H and O–H groups in total. The summed E-state index contributed by atoms with van der Waals surface area (Å²) in [6.07, 6.45) is 2.97. The number of carbonyl (C=O) groups excluding carboxylic acids is 1. The lowest BCUT2D eigenvalue weighted by molar-refractivity contribution is -0.120. The molecule has 1 fully saturated rings. The Morgan fingerprint density at radius 2 is 2.46 bits per heavy atom. The number of hydrogen-bond acceptors (Lipinski definition) is 2. The molecule has 0 aliphatic heterocycles. The first-order valence-corrected chi connectivity index (χ1v) is 5.12. The van der Waals surface area contributed by atoms with Gasteiger partial charge in [-0.15, -0.1) is 11.6 Å². The zero-order valence-electron chi connectivity index (χ0n) is 7.85. The zero-order valence-corrected chi connectivity index (χ0v) is 8.60. The molecule has 0 aromatic carbocycles. The van der Waals surface area contributed by atoms with Gasteiger partial charge in [-0.25, -0.2) is 0 Å². The van der Waals surface area contributed by atoms with Crippen molar-refractivity contribution in [1.82, 2.24) is 5.32 Å². The predicted octanol–water partition coefficient (Wildman–Crippen LogP) is 0.892. The fourth-order valence-corrected chi connectivity index (χ4v) is 1.98. The molecule has 2 atom stereocenters. The number of aliphatic hydroxyl groups excluding tert-OH is 1. The lowest BCUT2D eigenvalue weighted by Gasteiger charge is -2.29. The molecule has 1 amide bonds. The van der Waals surface area contributed by atoms with Gasteiger partial charge in [0, 0.05) is 11.5 Å². The van der Waals surface area contributed by atoms with Crippen molar-refractivity contribution < 1.29 is 9.90 Å². The van der Waals surface area contributed by atoms with Crippen LogP contribution < -0.4 is 5.32 Å². The van der Waals surface area contributed by atoms with Crippen LogP contribution in [0.25, 0.3) is 0 Å². The van der Waals surface area contributed by atoms with Gasteiger partial charge < -0.3 is 10.4 Å². The molecule has 0 aromatic rings. The lowest BCUT2D eigenvalue weighted by Crippen LogP contribution is -2.45. The van der Waals surface area contributed by atoms with E-state index in [-0.39, 0.29) is 29.9 Å². The van der Waals surface area contributed by atoms with Crippen LogP contribution in [0.5, 0.6) is 0 Å². The van der Waals surface area contributed by atoms with Crippen LogP contribution in [0, 0.1) is 5.41 Å². The minimum atomic E-state index is -0.151. The number of hydrogen-bond donors (Lipinski definition) is 2. The second-order valence-corrected chi connectivity index (χ2v) is 4.23. The van der Waals surface area contributed by atoms with Crippen molar-refractivity contribution in [3.05, 3.63) is 0 Å². The van der Waals surface area contributed by atoms with E-state index in [0.29, 0.717) is 0 Å². The number of carbonyl (C=O) groups is 1. The maximum absolute atomic E-state index is 11.0. The number of halogens is 1. The van der Waals surface area contributed by atoms with E-state index in [9.17, 15) is 9.90 Å². The maximum Gasteiger partial charge on any atom is 0.235 e. The highest BCUT2D eigenvalue weighted by Gasteiger charge is 2.38. The van der Waals surface area contributed by atoms with Gasteiger partial charge in [0.2, 0.25) is 5.91 Å². The van der Waals surface area contributed by atoms with E-state index < -0.39 is 0 Å². The smallest absolute Gasteiger partial charge is 0.235 e. The van der Waals surface area contributed by atoms with Crippen molar-refractivity contribution in [2.45, 2.75) is 32.2 Å². The molecule has 0 aromatic heterocycles. The van der Waals surface area contributed by atoms with Crippen LogP contribution in [0.4, 0.5) is 0 Å². The van der Waals surface area contributed by atoms with Crippen molar-refractivity contribution in [1.29, 1.82) is 0 Å². The van der Waals surface area contributed by atoms with E-state index in [4.69, 9.17) is 11.6 Å². The molecule has 1 rings (SSSR count). The highest BCUT2D eigenvalue weighted by Crippen LogP contribution is 2.37. The lowest BCUT2D eigenvalue weighted by atomic mass is 9.86. The highest BCUT2D eigenvalue weighted by atomic mass is 35.5. The van der Waals surface area contributed by atoms with Gasteiger partial charge in [-0.3, -0.25) is 4.79 Å². The summed E-state index contributed by atoms with van der Waals surface area (Å²) >= 11 is 5.39. The van der Waals surface area contributed by atoms with E-state index in [1.165, 1.54) is 0 Å². The van der Waals surface area contributed by atoms with Crippen LogP contribution >= 0.6 is 11.6 Å². The molecule has 0 bridgehead atoms. The Bertz CT molecular complexity index is 198. The third kappa shape index (κ3) is 2.35. The summed E-state index contributed by atoms with van der Waals surface area (Å²) in [7, 11) is 0. The summed E-state index contributed by atoms with van der Waals surface area (Å²) in [5.41, 5.74) is -0.151. The van der Waals surface area contributed by atoms with Gasteiger partial charge >= 0.3 is 0 Å². The molecule has 1 aliphatic rings. The largest absolute Gasteiger partial charge is 0.396 e. The second kappa shape index (κ2) is 4.29. The summed E-state index contributed by atoms with van der Waals surface area (Å²) in [6.45, 7) is 2.12. The van der Waals surface area contributed by atoms with Crippen LogP contribution in [0.3, 0.4) is 0 Å². The van der Waals surface area contributed by atoms with Gasteiger partial charge in [-0.05, 0) is 12.8 Å². The molecule has 4 heteroatoms. The van der Waals surface area contributed by atoms with Crippen molar-refractivity contribution in [2.75, 3.05) is 12.5 Å². The Morgan fingerprint density at radius 3 is 3.00 bits per heavy atom. The fraction of sp³-hybridized carbons (Fsp3) is 0.889. The standard InChI is InChI=1S/C9H16ClNO2/c1-9(6-12)4-2-3-7(9)11-8(13)5-10/h7,12H,2-6H2,1H3,(H,11,13). The molecule has 13 heavy (non-hydrogen) atoms. The summed E-state index contributed by atoms with van der Waals surface area (Å²) in [5, 5.41) is 12.0. The SMILES string of the molecule is CC1(CO)CCCC1NC(=O)CCl. The zero-order chi connectivity index (χ0) is 9.90. The normalized spacial score (nSPS) is 33.3. The summed E-state index contributed by atoms with van der Waals surface area (Å²) in [6, 6.07) is 0.0868. The topological polar surface area (TPSA) is 49.3 Å². The molecule has 0 saturated heterocycles. The van der Waals surface area contributed by atoms with Crippen LogP contribution in [-0.2, 0) is 4.79 Å². The van der Waals surface area contributed by atoms with Gasteiger partial charge in [0.1, 0.15) is 5.88 Å². The van der Waals surface area contributed by atoms with E-state index >= 15 is 0 Å². The monoisotopic (exact) mass is 205 g/mol. The van der Waals surface area contributed by atoms with Crippen molar-refractivity contribution >= 4 is 17.5 Å². The third-order valence-corrected chi connectivity index (χ3v) is 3.14. The van der Waals surface area contributed by atoms with Gasteiger partial charge in [0.25, 0.3) is 0 Å². The predicted molar refractivity (Wildman–Crippen MR) is 51.7 cm³/mol. The molecule has 0 heterocycles. The number of rotatable bonds is 3. The van der Waals surface area contributed by atoms with Crippen LogP contribution in [0.2, 0.25) is 0 Å². The molecule has 3 nitrogen and oxygen atoms in total. The van der Waals surface area contributed by atoms with Gasteiger partial charge in [0.05, 0.1) is 6.61 Å². The third-order valence-electron chi connectivity index (χ3n) is 2.90. The van der Waals surface area contributed by atoms with Crippen LogP contribution in [0.1, 0.15) is 26.2 Å². The molecule has 0 radical (unpaired) electrons. The Labute approximate surface area is 83.5 Å². The first-order valence-electron chi connectivity index (χ1n) is 4.58. The van der Waals surface area contributed by atoms with E-state index in [1.54, 1.807) is 0 Å². The number of nitrogens with one attached hydrogen (secondary N) is 1. The Balaban J connectivity index is 2.53. The quantitative estimate of drug-likeness (QED) is 0.673. The molecule has 1 saturated carbocycles. The van der Waals surface area contributed by atoms with E-state index in [2.05, 4.69) is 5.32 Å². The minimum Gasteiger partial charge on any atom is -0.396 e. The Kier molecular flexibility index (Phi) is 3.56. The van der Waals surface area contributed by atoms with Crippen molar-refractivity contribution in [3.63, 3.8) is 0 Å². The second-order valence-electron chi connectivity index (χ2n) is 3.96. The highest BCUT2D eigenvalue weighted by molar-refractivity contribution is 6.27. The van der Waals surface area contributed by atoms with Gasteiger partial charge in [-0.1, -0.05) is 13.3 Å². The molecule has 2 unspecified atom stereocenters. The van der Waals surface area contributed by atoms with Gasteiger partial charge in [0.15, 0.2) is 0 Å². The van der Waals surface area contributed by atoms with Crippen molar-refractivity contribution in [3.8, 4) is 0 Å². The molecule has 76 valence electrons. The first-order chi connectivity index (χ1) is 6.12. The average molecular weight is 206 g/mol. The molecule has 1 aliphatic carbocycles. The minimum absolute atomic E-state index is 0.00198. The number of alkyl halides is 1. The maximum atomic E-state index is 11.0. The molecular formula is C9H16ClNO2. The van der Waals surface area contributed by atoms with E-state index in [0.717, 1.165) is 19.3 Å². The van der Waals surface area contributed by atoms with Gasteiger partial charge in [-0.2, -0.15) is 0 Å². The Morgan fingerprint density at radius 1 is 1.77 bits per heavy atom. The van der Waals surface area contributed by atoms with E-state index in [1.807, 2.05) is 6.92 Å².